The summed E-state index contributed by atoms with van der Waals surface area (Å²) in [6.07, 6.45) is 5.66. The van der Waals surface area contributed by atoms with E-state index in [-0.39, 0.29) is 11.8 Å². The first-order valence-corrected chi connectivity index (χ1v) is 8.39. The van der Waals surface area contributed by atoms with E-state index in [1.165, 1.54) is 24.3 Å². The minimum Gasteiger partial charge on any atom is -0.466 e. The van der Waals surface area contributed by atoms with Gasteiger partial charge < -0.3 is 9.64 Å². The van der Waals surface area contributed by atoms with Gasteiger partial charge in [-0.3, -0.25) is 9.59 Å². The van der Waals surface area contributed by atoms with Crippen molar-refractivity contribution in [1.82, 2.24) is 9.80 Å². The second-order valence-electron chi connectivity index (χ2n) is 6.13. The number of carbonyl (C=O) groups excluding carboxylic acids is 3. The normalized spacial score (nSPS) is 18.0. The molecule has 2 aromatic carbocycles. The third-order valence-corrected chi connectivity index (χ3v) is 4.64. The Kier molecular flexibility index (Phi) is 4.08. The summed E-state index contributed by atoms with van der Waals surface area (Å²) < 4.78 is 4.64. The smallest absolute Gasteiger partial charge is 0.331 e. The van der Waals surface area contributed by atoms with E-state index in [0.29, 0.717) is 11.1 Å². The highest BCUT2D eigenvalue weighted by Crippen LogP contribution is 2.38. The fourth-order valence-electron chi connectivity index (χ4n) is 3.35. The zero-order valence-electron chi connectivity index (χ0n) is 14.5. The van der Waals surface area contributed by atoms with Gasteiger partial charge >= 0.3 is 5.97 Å². The molecule has 2 amide bonds. The second kappa shape index (κ2) is 6.57. The topological polar surface area (TPSA) is 66.9 Å². The molecule has 134 valence electrons. The molecular formula is C21H16N2O4. The number of benzene rings is 2. The van der Waals surface area contributed by atoms with E-state index in [1.807, 2.05) is 30.3 Å². The molecule has 0 radical (unpaired) electrons. The molecule has 2 aliphatic heterocycles. The molecule has 4 rings (SSSR count). The van der Waals surface area contributed by atoms with Gasteiger partial charge in [0.05, 0.1) is 18.2 Å². The molecule has 0 spiro atoms. The summed E-state index contributed by atoms with van der Waals surface area (Å²) >= 11 is 0. The number of rotatable bonds is 3. The van der Waals surface area contributed by atoms with Crippen molar-refractivity contribution >= 4 is 23.9 Å². The van der Waals surface area contributed by atoms with Crippen LogP contribution in [0.5, 0.6) is 0 Å². The van der Waals surface area contributed by atoms with Gasteiger partial charge in [0.1, 0.15) is 6.17 Å². The summed E-state index contributed by atoms with van der Waals surface area (Å²) in [6.45, 7) is 0. The third-order valence-electron chi connectivity index (χ3n) is 4.64. The number of fused-ring (bicyclic) bond motifs is 2. The Morgan fingerprint density at radius 3 is 2.30 bits per heavy atom. The van der Waals surface area contributed by atoms with Crippen molar-refractivity contribution in [3.63, 3.8) is 0 Å². The van der Waals surface area contributed by atoms with Crippen molar-refractivity contribution in [1.29, 1.82) is 0 Å². The van der Waals surface area contributed by atoms with Crippen LogP contribution in [0.4, 0.5) is 0 Å². The Morgan fingerprint density at radius 1 is 1.00 bits per heavy atom. The monoisotopic (exact) mass is 360 g/mol. The van der Waals surface area contributed by atoms with Crippen LogP contribution in [0.25, 0.3) is 6.08 Å². The van der Waals surface area contributed by atoms with E-state index >= 15 is 0 Å². The van der Waals surface area contributed by atoms with Gasteiger partial charge in [-0.15, -0.1) is 0 Å². The third kappa shape index (κ3) is 2.71. The molecule has 0 bridgehead atoms. The Labute approximate surface area is 155 Å². The largest absolute Gasteiger partial charge is 0.466 e. The van der Waals surface area contributed by atoms with Crippen LogP contribution in [0.15, 0.2) is 67.0 Å². The van der Waals surface area contributed by atoms with Crippen molar-refractivity contribution in [2.24, 2.45) is 0 Å². The quantitative estimate of drug-likeness (QED) is 0.478. The predicted molar refractivity (Wildman–Crippen MR) is 98.2 cm³/mol. The summed E-state index contributed by atoms with van der Waals surface area (Å²) in [7, 11) is 1.29. The maximum absolute atomic E-state index is 13.0. The molecule has 2 aliphatic rings. The van der Waals surface area contributed by atoms with E-state index in [1.54, 1.807) is 35.4 Å². The van der Waals surface area contributed by atoms with Gasteiger partial charge in [0.15, 0.2) is 0 Å². The van der Waals surface area contributed by atoms with E-state index < -0.39 is 12.1 Å². The summed E-state index contributed by atoms with van der Waals surface area (Å²) in [5.41, 5.74) is 2.46. The summed E-state index contributed by atoms with van der Waals surface area (Å²) in [5, 5.41) is 0. The van der Waals surface area contributed by atoms with Gasteiger partial charge in [-0.1, -0.05) is 36.4 Å². The molecule has 0 aromatic heterocycles. The van der Waals surface area contributed by atoms with E-state index in [2.05, 4.69) is 4.74 Å². The average molecular weight is 360 g/mol. The molecule has 27 heavy (non-hydrogen) atoms. The van der Waals surface area contributed by atoms with Crippen LogP contribution in [0.3, 0.4) is 0 Å². The highest BCUT2D eigenvalue weighted by molar-refractivity contribution is 6.21. The van der Waals surface area contributed by atoms with Crippen LogP contribution in [-0.4, -0.2) is 34.7 Å². The van der Waals surface area contributed by atoms with Crippen molar-refractivity contribution < 1.29 is 19.1 Å². The molecule has 0 fully saturated rings. The number of carbonyl (C=O) groups is 3. The van der Waals surface area contributed by atoms with E-state index in [0.717, 1.165) is 11.1 Å². The molecule has 6 nitrogen and oxygen atoms in total. The number of hydrogen-bond donors (Lipinski definition) is 0. The number of nitrogens with zero attached hydrogens (tertiary/aromatic N) is 2. The maximum Gasteiger partial charge on any atom is 0.331 e. The lowest BCUT2D eigenvalue weighted by atomic mass is 10.00. The number of amides is 2. The fraction of sp³-hybridized carbons (Fsp3) is 0.0952. The van der Waals surface area contributed by atoms with Gasteiger partial charge in [0.25, 0.3) is 11.8 Å². The molecule has 6 heteroatoms. The average Bonchev–Trinajstić information content (AvgIpc) is 2.96. The van der Waals surface area contributed by atoms with Gasteiger partial charge in [0, 0.05) is 24.0 Å². The zero-order valence-corrected chi connectivity index (χ0v) is 14.5. The van der Waals surface area contributed by atoms with Gasteiger partial charge in [-0.2, -0.15) is 0 Å². The Hall–Kier alpha value is -3.67. The first-order valence-electron chi connectivity index (χ1n) is 8.39. The first kappa shape index (κ1) is 16.8. The predicted octanol–water partition coefficient (Wildman–Crippen LogP) is 2.95. The van der Waals surface area contributed by atoms with Gasteiger partial charge in [-0.25, -0.2) is 9.69 Å². The molecule has 0 N–H and O–H groups in total. The molecule has 2 heterocycles. The van der Waals surface area contributed by atoms with Crippen LogP contribution < -0.4 is 0 Å². The molecule has 0 saturated carbocycles. The fourth-order valence-corrected chi connectivity index (χ4v) is 3.35. The van der Waals surface area contributed by atoms with Crippen molar-refractivity contribution in [3.05, 3.63) is 89.3 Å². The molecule has 0 saturated heterocycles. The van der Waals surface area contributed by atoms with Gasteiger partial charge in [0.2, 0.25) is 0 Å². The minimum atomic E-state index is -0.695. The minimum absolute atomic E-state index is 0.359. The van der Waals surface area contributed by atoms with Crippen molar-refractivity contribution in [2.45, 2.75) is 6.17 Å². The SMILES string of the molecule is COC(=O)/C=C/N1C=Cc2ccccc2C1N1C(=O)c2ccccc2C1=O. The van der Waals surface area contributed by atoms with Crippen molar-refractivity contribution in [2.75, 3.05) is 7.11 Å². The molecular weight excluding hydrogens is 344 g/mol. The van der Waals surface area contributed by atoms with Crippen LogP contribution in [0.2, 0.25) is 0 Å². The number of ether oxygens (including phenoxy) is 1. The second-order valence-corrected chi connectivity index (χ2v) is 6.13. The highest BCUT2D eigenvalue weighted by Gasteiger charge is 2.43. The molecule has 1 atom stereocenters. The lowest BCUT2D eigenvalue weighted by Gasteiger charge is -2.37. The van der Waals surface area contributed by atoms with Crippen molar-refractivity contribution in [3.8, 4) is 0 Å². The summed E-state index contributed by atoms with van der Waals surface area (Å²) in [4.78, 5) is 40.4. The van der Waals surface area contributed by atoms with Crippen LogP contribution in [-0.2, 0) is 9.53 Å². The number of imide groups is 1. The number of hydrogen-bond acceptors (Lipinski definition) is 5. The standard InChI is InChI=1S/C21H16N2O4/c1-27-18(24)11-13-22-12-10-14-6-2-3-7-15(14)19(22)23-20(25)16-8-4-5-9-17(16)21(23)26/h2-13,19H,1H3/b13-11+. The Balaban J connectivity index is 1.81. The Morgan fingerprint density at radius 2 is 1.63 bits per heavy atom. The lowest BCUT2D eigenvalue weighted by molar-refractivity contribution is -0.134. The molecule has 2 aromatic rings. The lowest BCUT2D eigenvalue weighted by Crippen LogP contribution is -2.42. The molecule has 1 unspecified atom stereocenters. The van der Waals surface area contributed by atoms with E-state index in [9.17, 15) is 14.4 Å². The maximum atomic E-state index is 13.0. The first-order chi connectivity index (χ1) is 13.1. The Bertz CT molecular complexity index is 974. The zero-order chi connectivity index (χ0) is 19.0. The van der Waals surface area contributed by atoms with E-state index in [4.69, 9.17) is 0 Å². The van der Waals surface area contributed by atoms with Crippen LogP contribution in [0, 0.1) is 0 Å². The van der Waals surface area contributed by atoms with Crippen LogP contribution in [0.1, 0.15) is 38.0 Å². The summed E-state index contributed by atoms with van der Waals surface area (Å²) in [6, 6.07) is 14.3. The summed E-state index contributed by atoms with van der Waals surface area (Å²) in [5.74, 6) is -1.24. The highest BCUT2D eigenvalue weighted by atomic mass is 16.5. The van der Waals surface area contributed by atoms with Crippen LogP contribution >= 0.6 is 0 Å². The van der Waals surface area contributed by atoms with Gasteiger partial charge in [-0.05, 0) is 23.8 Å². The number of methoxy groups -OCH3 is 1. The molecule has 0 aliphatic carbocycles. The number of esters is 1.